The molecule has 0 saturated carbocycles. The van der Waals surface area contributed by atoms with Gasteiger partial charge in [-0.25, -0.2) is 4.99 Å². The van der Waals surface area contributed by atoms with E-state index in [4.69, 9.17) is 9.73 Å². The molecule has 2 aliphatic rings. The lowest BCUT2D eigenvalue weighted by Gasteiger charge is -2.26. The van der Waals surface area contributed by atoms with E-state index in [1.807, 2.05) is 0 Å². The number of piperidine rings is 1. The van der Waals surface area contributed by atoms with E-state index in [9.17, 15) is 0 Å². The third-order valence-electron chi connectivity index (χ3n) is 5.44. The van der Waals surface area contributed by atoms with Gasteiger partial charge < -0.3 is 15.4 Å². The minimum atomic E-state index is 0. The summed E-state index contributed by atoms with van der Waals surface area (Å²) < 4.78 is 5.37. The third-order valence-corrected chi connectivity index (χ3v) is 5.44. The zero-order chi connectivity index (χ0) is 19.4. The zero-order valence-electron chi connectivity index (χ0n) is 17.8. The Kier molecular flexibility index (Phi) is 11.6. The number of nitrogens with zero attached hydrogens (tertiary/aromatic N) is 2. The molecular weight excluding hydrogens is 475 g/mol. The average Bonchev–Trinajstić information content (AvgIpc) is 2.74. The molecule has 0 aliphatic carbocycles. The SMILES string of the molecule is CCNC(=NCc1ccc(CN2CCCCC2)cc1)NCCC1=CCOCC1.I. The minimum absolute atomic E-state index is 0. The Bertz CT molecular complexity index is 639. The van der Waals surface area contributed by atoms with E-state index in [0.717, 1.165) is 51.6 Å². The van der Waals surface area contributed by atoms with Crippen LogP contribution >= 0.6 is 24.0 Å². The molecule has 2 aliphatic heterocycles. The van der Waals surface area contributed by atoms with Gasteiger partial charge in [0.1, 0.15) is 0 Å². The van der Waals surface area contributed by atoms with Crippen LogP contribution in [0.3, 0.4) is 0 Å². The number of halogens is 1. The molecule has 0 unspecified atom stereocenters. The van der Waals surface area contributed by atoms with Crippen LogP contribution in [0.2, 0.25) is 0 Å². The Balaban J connectivity index is 0.00000300. The number of aliphatic imine (C=N–C) groups is 1. The van der Waals surface area contributed by atoms with E-state index >= 15 is 0 Å². The summed E-state index contributed by atoms with van der Waals surface area (Å²) in [7, 11) is 0. The van der Waals surface area contributed by atoms with Gasteiger partial charge in [-0.15, -0.1) is 24.0 Å². The molecule has 5 nitrogen and oxygen atoms in total. The maximum absolute atomic E-state index is 5.37. The molecule has 0 aromatic heterocycles. The smallest absolute Gasteiger partial charge is 0.191 e. The van der Waals surface area contributed by atoms with Gasteiger partial charge in [0, 0.05) is 19.6 Å². The molecule has 6 heteroatoms. The highest BCUT2D eigenvalue weighted by molar-refractivity contribution is 14.0. The number of guanidine groups is 1. The van der Waals surface area contributed by atoms with Crippen molar-refractivity contribution in [2.75, 3.05) is 39.4 Å². The fourth-order valence-electron chi connectivity index (χ4n) is 3.77. The fourth-order valence-corrected chi connectivity index (χ4v) is 3.77. The van der Waals surface area contributed by atoms with Crippen LogP contribution in [0, 0.1) is 0 Å². The monoisotopic (exact) mass is 512 g/mol. The van der Waals surface area contributed by atoms with Crippen molar-refractivity contribution in [2.45, 2.75) is 52.1 Å². The summed E-state index contributed by atoms with van der Waals surface area (Å²) in [6, 6.07) is 8.97. The van der Waals surface area contributed by atoms with Crippen molar-refractivity contribution in [2.24, 2.45) is 4.99 Å². The highest BCUT2D eigenvalue weighted by atomic mass is 127. The molecule has 2 N–H and O–H groups in total. The summed E-state index contributed by atoms with van der Waals surface area (Å²) >= 11 is 0. The molecule has 29 heavy (non-hydrogen) atoms. The van der Waals surface area contributed by atoms with E-state index < -0.39 is 0 Å². The van der Waals surface area contributed by atoms with Gasteiger partial charge in [-0.3, -0.25) is 4.90 Å². The number of rotatable bonds is 8. The van der Waals surface area contributed by atoms with Crippen molar-refractivity contribution in [3.63, 3.8) is 0 Å². The lowest BCUT2D eigenvalue weighted by molar-refractivity contribution is 0.153. The van der Waals surface area contributed by atoms with Crippen LogP contribution in [-0.4, -0.2) is 50.3 Å². The zero-order valence-corrected chi connectivity index (χ0v) is 20.1. The van der Waals surface area contributed by atoms with Crippen LogP contribution < -0.4 is 10.6 Å². The second kappa shape index (κ2) is 14.0. The number of benzene rings is 1. The molecule has 2 heterocycles. The van der Waals surface area contributed by atoms with Crippen molar-refractivity contribution < 1.29 is 4.74 Å². The maximum atomic E-state index is 5.37. The van der Waals surface area contributed by atoms with Crippen LogP contribution in [0.1, 0.15) is 50.2 Å². The van der Waals surface area contributed by atoms with Crippen LogP contribution in [0.4, 0.5) is 0 Å². The summed E-state index contributed by atoms with van der Waals surface area (Å²) in [5.41, 5.74) is 4.15. The highest BCUT2D eigenvalue weighted by Gasteiger charge is 2.10. The molecule has 1 fully saturated rings. The molecule has 1 saturated heterocycles. The third kappa shape index (κ3) is 9.05. The summed E-state index contributed by atoms with van der Waals surface area (Å²) in [6.45, 7) is 9.77. The quantitative estimate of drug-likeness (QED) is 0.239. The van der Waals surface area contributed by atoms with Crippen LogP contribution in [0.25, 0.3) is 0 Å². The Hall–Kier alpha value is -1.12. The largest absolute Gasteiger partial charge is 0.377 e. The van der Waals surface area contributed by atoms with Gasteiger partial charge in [0.15, 0.2) is 5.96 Å². The molecule has 0 amide bonds. The van der Waals surface area contributed by atoms with E-state index in [0.29, 0.717) is 6.54 Å². The molecule has 3 rings (SSSR count). The summed E-state index contributed by atoms with van der Waals surface area (Å²) in [6.07, 6.45) is 8.40. The van der Waals surface area contributed by atoms with Gasteiger partial charge in [-0.2, -0.15) is 0 Å². The summed E-state index contributed by atoms with van der Waals surface area (Å²) in [4.78, 5) is 7.32. The van der Waals surface area contributed by atoms with Crippen molar-refractivity contribution in [3.05, 3.63) is 47.0 Å². The Morgan fingerprint density at radius 1 is 1.07 bits per heavy atom. The first kappa shape index (κ1) is 24.2. The maximum Gasteiger partial charge on any atom is 0.191 e. The van der Waals surface area contributed by atoms with Gasteiger partial charge >= 0.3 is 0 Å². The Morgan fingerprint density at radius 3 is 2.52 bits per heavy atom. The van der Waals surface area contributed by atoms with Crippen LogP contribution in [0.15, 0.2) is 40.9 Å². The molecule has 162 valence electrons. The number of ether oxygens (including phenoxy) is 1. The van der Waals surface area contributed by atoms with Gasteiger partial charge in [0.05, 0.1) is 19.8 Å². The number of hydrogen-bond acceptors (Lipinski definition) is 3. The summed E-state index contributed by atoms with van der Waals surface area (Å²) in [5.74, 6) is 0.896. The molecule has 1 aromatic carbocycles. The first-order valence-corrected chi connectivity index (χ1v) is 10.9. The predicted octanol–water partition coefficient (Wildman–Crippen LogP) is 4.08. The molecule has 1 aromatic rings. The first-order valence-electron chi connectivity index (χ1n) is 10.9. The molecule has 0 spiro atoms. The summed E-state index contributed by atoms with van der Waals surface area (Å²) in [5, 5.41) is 6.80. The lowest BCUT2D eigenvalue weighted by atomic mass is 10.1. The number of likely N-dealkylation sites (tertiary alicyclic amines) is 1. The standard InChI is InChI=1S/C23H36N4O.HI/c1-2-24-23(25-13-10-20-11-16-28-17-12-20)26-18-21-6-8-22(9-7-21)19-27-14-4-3-5-15-27;/h6-9,11H,2-5,10,12-19H2,1H3,(H2,24,25,26);1H. The van der Waals surface area contributed by atoms with Gasteiger partial charge in [-0.1, -0.05) is 42.3 Å². The van der Waals surface area contributed by atoms with Crippen molar-refractivity contribution in [1.29, 1.82) is 0 Å². The topological polar surface area (TPSA) is 48.9 Å². The van der Waals surface area contributed by atoms with E-state index in [1.54, 1.807) is 0 Å². The molecule has 0 atom stereocenters. The molecule has 0 radical (unpaired) electrons. The van der Waals surface area contributed by atoms with E-state index in [1.165, 1.54) is 49.1 Å². The van der Waals surface area contributed by atoms with E-state index in [-0.39, 0.29) is 24.0 Å². The normalized spacial score (nSPS) is 18.0. The fraction of sp³-hybridized carbons (Fsp3) is 0.609. The second-order valence-corrected chi connectivity index (χ2v) is 7.71. The Labute approximate surface area is 193 Å². The average molecular weight is 512 g/mol. The lowest BCUT2D eigenvalue weighted by Crippen LogP contribution is -2.38. The Morgan fingerprint density at radius 2 is 1.83 bits per heavy atom. The van der Waals surface area contributed by atoms with Crippen molar-refractivity contribution in [1.82, 2.24) is 15.5 Å². The first-order chi connectivity index (χ1) is 13.8. The van der Waals surface area contributed by atoms with Crippen LogP contribution in [-0.2, 0) is 17.8 Å². The van der Waals surface area contributed by atoms with Crippen molar-refractivity contribution >= 4 is 29.9 Å². The van der Waals surface area contributed by atoms with Gasteiger partial charge in [0.2, 0.25) is 0 Å². The van der Waals surface area contributed by atoms with Crippen LogP contribution in [0.5, 0.6) is 0 Å². The van der Waals surface area contributed by atoms with Gasteiger partial charge in [0.25, 0.3) is 0 Å². The van der Waals surface area contributed by atoms with E-state index in [2.05, 4.69) is 52.8 Å². The number of hydrogen-bond donors (Lipinski definition) is 2. The minimum Gasteiger partial charge on any atom is -0.377 e. The number of nitrogens with one attached hydrogen (secondary N) is 2. The van der Waals surface area contributed by atoms with Gasteiger partial charge in [-0.05, 0) is 56.8 Å². The molecule has 0 bridgehead atoms. The second-order valence-electron chi connectivity index (χ2n) is 7.71. The van der Waals surface area contributed by atoms with Crippen molar-refractivity contribution in [3.8, 4) is 0 Å². The molecular formula is C23H37IN4O. The highest BCUT2D eigenvalue weighted by Crippen LogP contribution is 2.14. The predicted molar refractivity (Wildman–Crippen MR) is 132 cm³/mol.